The van der Waals surface area contributed by atoms with Crippen LogP contribution in [0, 0.1) is 13.8 Å². The van der Waals surface area contributed by atoms with E-state index in [1.165, 1.54) is 47.5 Å². The molecule has 0 saturated carbocycles. The number of carbonyl (C=O) groups is 6. The number of benzene rings is 2. The minimum Gasteiger partial charge on any atom is -0.447 e. The summed E-state index contributed by atoms with van der Waals surface area (Å²) < 4.78 is 90.9. The Morgan fingerprint density at radius 2 is 1.19 bits per heavy atom. The second-order valence-corrected chi connectivity index (χ2v) is 22.9. The molecule has 5 rings (SSSR count). The fourth-order valence-corrected chi connectivity index (χ4v) is 9.75. The van der Waals surface area contributed by atoms with Crippen molar-refractivity contribution in [2.24, 2.45) is 10.2 Å². The van der Waals surface area contributed by atoms with Crippen molar-refractivity contribution in [3.8, 4) is 0 Å². The first-order chi connectivity index (χ1) is 47.4. The predicted molar refractivity (Wildman–Crippen MR) is 358 cm³/mol. The van der Waals surface area contributed by atoms with Crippen molar-refractivity contribution in [2.45, 2.75) is 52.4 Å². The fourth-order valence-electron chi connectivity index (χ4n) is 8.57. The molecule has 542 valence electrons. The van der Waals surface area contributed by atoms with Crippen molar-refractivity contribution < 1.29 is 89.3 Å². The van der Waals surface area contributed by atoms with Crippen LogP contribution in [0.25, 0.3) is 0 Å². The van der Waals surface area contributed by atoms with Crippen molar-refractivity contribution in [3.63, 3.8) is 0 Å². The Hall–Kier alpha value is -7.80. The fraction of sp³-hybridized carbons (Fsp3) is 0.565. The minimum absolute atomic E-state index is 0.00916. The van der Waals surface area contributed by atoms with Gasteiger partial charge in [0, 0.05) is 84.0 Å². The molecule has 0 atom stereocenters. The summed E-state index contributed by atoms with van der Waals surface area (Å²) in [5.41, 5.74) is 1.91. The van der Waals surface area contributed by atoms with E-state index in [0.29, 0.717) is 109 Å². The van der Waals surface area contributed by atoms with Gasteiger partial charge >= 0.3 is 30.7 Å². The van der Waals surface area contributed by atoms with Crippen molar-refractivity contribution in [2.75, 3.05) is 193 Å². The number of carbonyl (C=O) groups excluding carboxylic acids is 6. The summed E-state index contributed by atoms with van der Waals surface area (Å²) in [6, 6.07) is 12.9. The second-order valence-electron chi connectivity index (χ2n) is 21.0. The van der Waals surface area contributed by atoms with Crippen LogP contribution in [0.3, 0.4) is 0 Å². The molecule has 2 aromatic heterocycles. The standard InChI is InChI=1S/C62H87Cl2F3N14O16S/c1-46-10-9-11-50(64)55(46)76-56(83)51-43-72-57(98-51)75-52-42-53(74-47(2)73-52)80-24-22-79(23-25-80)45-54(82)81(44-48-12-14-49(15-13-48)77-78-62(65,66)67)21-17-68-58(84)96-40-38-92-36-34-90-29-18-69-59(85)94-27-7-8-28-95-60(86)70-19-30-91-35-37-93-39-41-97-61(87)71-20-31-89-33-32-88-26-6-4-3-5-16-63/h7-15,42-43H,3-6,16-41,44-45H2,1-2H3,(H,68,84)(H,69,85)(H,70,86)(H,71,87)(H,76,83)(H,72,73,74,75)/b8-7+,78-77?. The zero-order chi connectivity index (χ0) is 70.4. The summed E-state index contributed by atoms with van der Waals surface area (Å²) in [6.45, 7) is 9.77. The van der Waals surface area contributed by atoms with Crippen LogP contribution in [0.2, 0.25) is 5.02 Å². The number of alkyl halides is 4. The third-order valence-electron chi connectivity index (χ3n) is 13.4. The van der Waals surface area contributed by atoms with Gasteiger partial charge in [-0.1, -0.05) is 65.2 Å². The van der Waals surface area contributed by atoms with Crippen molar-refractivity contribution >= 4 is 98.9 Å². The van der Waals surface area contributed by atoms with E-state index in [9.17, 15) is 41.9 Å². The lowest BCUT2D eigenvalue weighted by molar-refractivity contribution is -0.133. The van der Waals surface area contributed by atoms with E-state index in [0.717, 1.165) is 42.6 Å². The first kappa shape index (κ1) is 80.9. The number of para-hydroxylation sites is 1. The summed E-state index contributed by atoms with van der Waals surface area (Å²) in [5, 5.41) is 22.7. The molecule has 98 heavy (non-hydrogen) atoms. The number of thiazole rings is 1. The summed E-state index contributed by atoms with van der Waals surface area (Å²) in [5.74, 6) is 1.69. The Morgan fingerprint density at radius 1 is 0.653 bits per heavy atom. The molecule has 6 N–H and O–H groups in total. The molecule has 3 heterocycles. The number of azo groups is 1. The number of aromatic nitrogens is 3. The van der Waals surface area contributed by atoms with Crippen LogP contribution in [-0.2, 0) is 58.7 Å². The van der Waals surface area contributed by atoms with Gasteiger partial charge < -0.3 is 89.1 Å². The highest BCUT2D eigenvalue weighted by molar-refractivity contribution is 7.17. The lowest BCUT2D eigenvalue weighted by Crippen LogP contribution is -2.51. The number of hydrogen-bond acceptors (Lipinski definition) is 25. The Bertz CT molecular complexity index is 3050. The van der Waals surface area contributed by atoms with Crippen LogP contribution in [0.5, 0.6) is 0 Å². The highest BCUT2D eigenvalue weighted by Gasteiger charge is 2.27. The number of amides is 6. The summed E-state index contributed by atoms with van der Waals surface area (Å²) >= 11 is 13.1. The molecule has 30 nitrogen and oxygen atoms in total. The SMILES string of the molecule is Cc1nc(Nc2ncc(C(=O)Nc3c(C)cccc3Cl)s2)cc(N2CCN(CC(=O)N(CCNC(=O)OCCOCCOCCNC(=O)OC/C=C/COC(=O)NCCOCCOCCOC(=O)NCCOCCOCCCCCCCl)Cc3ccc(N=NC(F)(F)F)cc3)CC2)n1. The van der Waals surface area contributed by atoms with E-state index < -0.39 is 30.7 Å². The Labute approximate surface area is 580 Å². The number of piperazine rings is 1. The van der Waals surface area contributed by atoms with Crippen molar-refractivity contribution in [3.05, 3.63) is 93.7 Å². The highest BCUT2D eigenvalue weighted by atomic mass is 35.5. The number of alkyl carbamates (subject to hydrolysis) is 4. The molecule has 4 aromatic rings. The first-order valence-electron chi connectivity index (χ1n) is 31.7. The van der Waals surface area contributed by atoms with Gasteiger partial charge in [-0.3, -0.25) is 14.5 Å². The maximum atomic E-state index is 13.9. The number of nitrogens with zero attached hydrogens (tertiary/aromatic N) is 8. The van der Waals surface area contributed by atoms with Crippen molar-refractivity contribution in [1.82, 2.24) is 46.0 Å². The van der Waals surface area contributed by atoms with Gasteiger partial charge in [0.05, 0.1) is 102 Å². The molecule has 1 saturated heterocycles. The number of rotatable bonds is 47. The Balaban J connectivity index is 0.859. The molecule has 0 spiro atoms. The summed E-state index contributed by atoms with van der Waals surface area (Å²) in [7, 11) is 0. The normalized spacial score (nSPS) is 12.5. The van der Waals surface area contributed by atoms with Crippen LogP contribution < -0.4 is 36.8 Å². The van der Waals surface area contributed by atoms with Gasteiger partial charge in [-0.25, -0.2) is 34.1 Å². The minimum atomic E-state index is -4.83. The molecule has 0 radical (unpaired) electrons. The molecule has 0 unspecified atom stereocenters. The number of nitrogens with one attached hydrogen (secondary N) is 6. The maximum Gasteiger partial charge on any atom is 0.521 e. The molecule has 2 aromatic carbocycles. The number of anilines is 4. The number of ether oxygens (including phenoxy) is 10. The van der Waals surface area contributed by atoms with E-state index in [1.807, 2.05) is 17.9 Å². The van der Waals surface area contributed by atoms with E-state index in [4.69, 9.17) is 70.6 Å². The Morgan fingerprint density at radius 3 is 1.77 bits per heavy atom. The first-order valence-corrected chi connectivity index (χ1v) is 33.5. The molecule has 0 bridgehead atoms. The average molecular weight is 1440 g/mol. The van der Waals surface area contributed by atoms with Gasteiger partial charge in [-0.05, 0) is 68.2 Å². The molecule has 1 aliphatic rings. The lowest BCUT2D eigenvalue weighted by Gasteiger charge is -2.36. The van der Waals surface area contributed by atoms with Crippen LogP contribution in [0.1, 0.15) is 52.3 Å². The molecule has 1 aliphatic heterocycles. The maximum absolute atomic E-state index is 13.9. The largest absolute Gasteiger partial charge is 0.521 e. The molecule has 1 fully saturated rings. The third-order valence-corrected chi connectivity index (χ3v) is 14.9. The van der Waals surface area contributed by atoms with Gasteiger partial charge in [-0.15, -0.1) is 29.9 Å². The molecular weight excluding hydrogens is 1360 g/mol. The molecule has 36 heteroatoms. The zero-order valence-corrected chi connectivity index (χ0v) is 57.2. The van der Waals surface area contributed by atoms with Gasteiger partial charge in [0.1, 0.15) is 48.8 Å². The summed E-state index contributed by atoms with van der Waals surface area (Å²) in [4.78, 5) is 94.7. The highest BCUT2D eigenvalue weighted by Crippen LogP contribution is 2.29. The number of halogens is 5. The second kappa shape index (κ2) is 48.0. The van der Waals surface area contributed by atoms with E-state index in [1.54, 1.807) is 25.1 Å². The van der Waals surface area contributed by atoms with Gasteiger partial charge in [0.25, 0.3) is 5.91 Å². The third kappa shape index (κ3) is 36.2. The van der Waals surface area contributed by atoms with Crippen LogP contribution >= 0.6 is 34.5 Å². The topological polar surface area (TPSA) is 340 Å². The van der Waals surface area contributed by atoms with Gasteiger partial charge in [-0.2, -0.15) is 0 Å². The van der Waals surface area contributed by atoms with E-state index in [-0.39, 0.29) is 136 Å². The van der Waals surface area contributed by atoms with Crippen LogP contribution in [0.15, 0.2) is 77.1 Å². The average Bonchev–Trinajstić information content (AvgIpc) is 1.09. The van der Waals surface area contributed by atoms with E-state index >= 15 is 0 Å². The molecule has 6 amide bonds. The monoisotopic (exact) mass is 1440 g/mol. The predicted octanol–water partition coefficient (Wildman–Crippen LogP) is 8.31. The van der Waals surface area contributed by atoms with Gasteiger partial charge in [0.2, 0.25) is 5.91 Å². The quantitative estimate of drug-likeness (QED) is 0.00604. The smallest absolute Gasteiger partial charge is 0.447 e. The Kier molecular flexibility index (Phi) is 39.6. The number of aryl methyl sites for hydroxylation is 2. The van der Waals surface area contributed by atoms with E-state index in [2.05, 4.69) is 62.0 Å². The van der Waals surface area contributed by atoms with Gasteiger partial charge in [0.15, 0.2) is 5.13 Å². The van der Waals surface area contributed by atoms with Crippen LogP contribution in [0.4, 0.5) is 60.5 Å². The summed E-state index contributed by atoms with van der Waals surface area (Å²) in [6.07, 6.45) is 1.20. The lowest BCUT2D eigenvalue weighted by atomic mass is 10.2. The van der Waals surface area contributed by atoms with Crippen molar-refractivity contribution in [1.29, 1.82) is 0 Å². The molecule has 0 aliphatic carbocycles. The molecular formula is C62H87Cl2F3N14O16S. The van der Waals surface area contributed by atoms with Crippen LogP contribution in [-0.4, -0.2) is 244 Å². The number of hydrogen-bond donors (Lipinski definition) is 6. The zero-order valence-electron chi connectivity index (χ0n) is 54.9. The number of unbranched alkanes of at least 4 members (excludes halogenated alkanes) is 3.